The van der Waals surface area contributed by atoms with Gasteiger partial charge in [0.05, 0.1) is 17.3 Å². The van der Waals surface area contributed by atoms with Crippen molar-refractivity contribution >= 4 is 53.1 Å². The molecule has 1 aromatic carbocycles. The van der Waals surface area contributed by atoms with Gasteiger partial charge >= 0.3 is 0 Å². The summed E-state index contributed by atoms with van der Waals surface area (Å²) < 4.78 is 4.92. The quantitative estimate of drug-likeness (QED) is 0.509. The number of nitrogens with one attached hydrogen (secondary N) is 2. The predicted molar refractivity (Wildman–Crippen MR) is 102 cm³/mol. The van der Waals surface area contributed by atoms with E-state index < -0.39 is 5.92 Å². The van der Waals surface area contributed by atoms with E-state index in [4.69, 9.17) is 27.9 Å². The molecule has 0 aliphatic carbocycles. The van der Waals surface area contributed by atoms with Gasteiger partial charge in [-0.3, -0.25) is 9.59 Å². The van der Waals surface area contributed by atoms with E-state index in [1.165, 1.54) is 4.90 Å². The van der Waals surface area contributed by atoms with Crippen molar-refractivity contribution in [3.05, 3.63) is 28.2 Å². The highest BCUT2D eigenvalue weighted by atomic mass is 35.5. The van der Waals surface area contributed by atoms with Crippen LogP contribution in [-0.2, 0) is 14.3 Å². The molecule has 140 valence electrons. The molecule has 2 N–H and O–H groups in total. The van der Waals surface area contributed by atoms with E-state index >= 15 is 0 Å². The molecule has 0 aromatic heterocycles. The number of hydrogen-bond acceptors (Lipinski definition) is 4. The fourth-order valence-electron chi connectivity index (χ4n) is 2.55. The highest BCUT2D eigenvalue weighted by molar-refractivity contribution is 6.36. The number of nitrogens with zero attached hydrogens (tertiary/aromatic N) is 1. The summed E-state index contributed by atoms with van der Waals surface area (Å²) in [4.78, 5) is 26.2. The third-order valence-electron chi connectivity index (χ3n) is 3.80. The fourth-order valence-corrected chi connectivity index (χ4v) is 2.94. The van der Waals surface area contributed by atoms with Crippen molar-refractivity contribution in [2.24, 2.45) is 5.92 Å². The van der Waals surface area contributed by atoms with Gasteiger partial charge in [-0.05, 0) is 24.6 Å². The zero-order valence-corrected chi connectivity index (χ0v) is 16.2. The van der Waals surface area contributed by atoms with Crippen LogP contribution in [0, 0.1) is 5.92 Å². The van der Waals surface area contributed by atoms with Crippen molar-refractivity contribution in [2.75, 3.05) is 44.8 Å². The van der Waals surface area contributed by atoms with Gasteiger partial charge in [0.1, 0.15) is 5.92 Å². The lowest BCUT2D eigenvalue weighted by molar-refractivity contribution is -0.132. The fraction of sp³-hybridized carbons (Fsp3) is 0.500. The second-order valence-electron chi connectivity index (χ2n) is 5.46. The summed E-state index contributed by atoms with van der Waals surface area (Å²) in [6.07, 6.45) is 0.463. The third-order valence-corrected chi connectivity index (χ3v) is 4.36. The predicted octanol–water partition coefficient (Wildman–Crippen LogP) is 2.12. The van der Waals surface area contributed by atoms with E-state index in [0.29, 0.717) is 48.4 Å². The Hall–Kier alpha value is -1.05. The first-order chi connectivity index (χ1) is 11.5. The van der Waals surface area contributed by atoms with Gasteiger partial charge in [0.25, 0.3) is 0 Å². The number of methoxy groups -OCH3 is 1. The first kappa shape index (κ1) is 22.0. The van der Waals surface area contributed by atoms with Crippen molar-refractivity contribution in [3.8, 4) is 0 Å². The van der Waals surface area contributed by atoms with E-state index in [1.807, 2.05) is 0 Å². The van der Waals surface area contributed by atoms with E-state index in [9.17, 15) is 9.59 Å². The average molecular weight is 411 g/mol. The van der Waals surface area contributed by atoms with Crippen molar-refractivity contribution in [3.63, 3.8) is 0 Å². The molecular weight excluding hydrogens is 389 g/mol. The summed E-state index contributed by atoms with van der Waals surface area (Å²) in [7, 11) is 1.63. The van der Waals surface area contributed by atoms with Crippen LogP contribution >= 0.6 is 35.6 Å². The number of carbonyl (C=O) groups is 2. The molecule has 1 unspecified atom stereocenters. The number of anilines is 1. The first-order valence-electron chi connectivity index (χ1n) is 7.78. The molecular formula is C16H22Cl3N3O3. The third kappa shape index (κ3) is 6.01. The molecule has 0 spiro atoms. The van der Waals surface area contributed by atoms with Gasteiger partial charge in [-0.1, -0.05) is 23.2 Å². The van der Waals surface area contributed by atoms with Crippen molar-refractivity contribution in [2.45, 2.75) is 6.42 Å². The lowest BCUT2D eigenvalue weighted by Gasteiger charge is -2.18. The molecule has 0 radical (unpaired) electrons. The molecule has 1 fully saturated rings. The SMILES string of the molecule is COCCNCCNC(=O)C1CCN(c2cc(Cl)ccc2Cl)C1=O.Cl. The molecule has 1 aliphatic heterocycles. The standard InChI is InChI=1S/C16H21Cl2N3O3.ClH/c1-24-9-7-19-5-6-20-15(22)12-4-8-21(16(12)23)14-10-11(17)2-3-13(14)18;/h2-3,10,12,19H,4-9H2,1H3,(H,20,22);1H. The Morgan fingerprint density at radius 1 is 1.32 bits per heavy atom. The van der Waals surface area contributed by atoms with Crippen LogP contribution in [0.3, 0.4) is 0 Å². The maximum Gasteiger partial charge on any atom is 0.239 e. The minimum absolute atomic E-state index is 0. The summed E-state index contributed by atoms with van der Waals surface area (Å²) in [5.41, 5.74) is 0.547. The highest BCUT2D eigenvalue weighted by Crippen LogP contribution is 2.33. The van der Waals surface area contributed by atoms with Crippen LogP contribution in [0.2, 0.25) is 10.0 Å². The van der Waals surface area contributed by atoms with Crippen molar-refractivity contribution in [1.29, 1.82) is 0 Å². The largest absolute Gasteiger partial charge is 0.383 e. The molecule has 1 atom stereocenters. The molecule has 25 heavy (non-hydrogen) atoms. The number of halogens is 3. The maximum atomic E-state index is 12.5. The number of ether oxygens (including phenoxy) is 1. The van der Waals surface area contributed by atoms with Crippen LogP contribution in [-0.4, -0.2) is 51.7 Å². The molecule has 0 bridgehead atoms. The van der Waals surface area contributed by atoms with E-state index in [2.05, 4.69) is 10.6 Å². The highest BCUT2D eigenvalue weighted by Gasteiger charge is 2.38. The molecule has 6 nitrogen and oxygen atoms in total. The number of hydrogen-bond donors (Lipinski definition) is 2. The number of amides is 2. The van der Waals surface area contributed by atoms with E-state index in [0.717, 1.165) is 6.54 Å². The maximum absolute atomic E-state index is 12.5. The summed E-state index contributed by atoms with van der Waals surface area (Å²) in [5.74, 6) is -1.18. The Balaban J connectivity index is 0.00000312. The molecule has 1 aliphatic rings. The second-order valence-corrected chi connectivity index (χ2v) is 6.30. The van der Waals surface area contributed by atoms with Gasteiger partial charge in [-0.2, -0.15) is 0 Å². The summed E-state index contributed by atoms with van der Waals surface area (Å²) in [6, 6.07) is 4.95. The van der Waals surface area contributed by atoms with Crippen LogP contribution in [0.5, 0.6) is 0 Å². The monoisotopic (exact) mass is 409 g/mol. The van der Waals surface area contributed by atoms with Gasteiger partial charge in [0.2, 0.25) is 11.8 Å². The molecule has 2 rings (SSSR count). The normalized spacial score (nSPS) is 16.7. The number of carbonyl (C=O) groups excluding carboxylic acids is 2. The minimum Gasteiger partial charge on any atom is -0.383 e. The van der Waals surface area contributed by atoms with Crippen LogP contribution < -0.4 is 15.5 Å². The van der Waals surface area contributed by atoms with Crippen molar-refractivity contribution in [1.82, 2.24) is 10.6 Å². The topological polar surface area (TPSA) is 70.7 Å². The lowest BCUT2D eigenvalue weighted by Crippen LogP contribution is -2.40. The lowest BCUT2D eigenvalue weighted by atomic mass is 10.1. The molecule has 1 aromatic rings. The summed E-state index contributed by atoms with van der Waals surface area (Å²) in [6.45, 7) is 2.87. The Kier molecular flexibility index (Phi) is 9.53. The second kappa shape index (κ2) is 10.8. The van der Waals surface area contributed by atoms with E-state index in [-0.39, 0.29) is 24.2 Å². The first-order valence-corrected chi connectivity index (χ1v) is 8.54. The van der Waals surface area contributed by atoms with Gasteiger partial charge in [-0.15, -0.1) is 12.4 Å². The van der Waals surface area contributed by atoms with Crippen molar-refractivity contribution < 1.29 is 14.3 Å². The number of rotatable bonds is 8. The Morgan fingerprint density at radius 3 is 2.80 bits per heavy atom. The molecule has 1 heterocycles. The smallest absolute Gasteiger partial charge is 0.239 e. The van der Waals surface area contributed by atoms with Crippen LogP contribution in [0.25, 0.3) is 0 Å². The van der Waals surface area contributed by atoms with Gasteiger partial charge < -0.3 is 20.3 Å². The Bertz CT molecular complexity index is 601. The van der Waals surface area contributed by atoms with Gasteiger partial charge in [0.15, 0.2) is 0 Å². The Morgan fingerprint density at radius 2 is 2.08 bits per heavy atom. The summed E-state index contributed by atoms with van der Waals surface area (Å²) >= 11 is 12.1. The number of benzene rings is 1. The van der Waals surface area contributed by atoms with Crippen LogP contribution in [0.1, 0.15) is 6.42 Å². The van der Waals surface area contributed by atoms with Crippen LogP contribution in [0.4, 0.5) is 5.69 Å². The van der Waals surface area contributed by atoms with E-state index in [1.54, 1.807) is 25.3 Å². The molecule has 0 saturated carbocycles. The average Bonchev–Trinajstić information content (AvgIpc) is 2.94. The summed E-state index contributed by atoms with van der Waals surface area (Å²) in [5, 5.41) is 6.84. The van der Waals surface area contributed by atoms with Gasteiger partial charge in [-0.25, -0.2) is 0 Å². The zero-order chi connectivity index (χ0) is 17.5. The zero-order valence-electron chi connectivity index (χ0n) is 13.9. The van der Waals surface area contributed by atoms with Crippen LogP contribution in [0.15, 0.2) is 18.2 Å². The van der Waals surface area contributed by atoms with Gasteiger partial charge in [0, 0.05) is 38.3 Å². The Labute approximate surface area is 163 Å². The molecule has 9 heteroatoms. The molecule has 1 saturated heterocycles. The minimum atomic E-state index is -0.681. The molecule has 2 amide bonds.